The highest BCUT2D eigenvalue weighted by atomic mass is 28.4. The third kappa shape index (κ3) is 3.40. The quantitative estimate of drug-likeness (QED) is 0.313. The minimum absolute atomic E-state index is 0.0290. The van der Waals surface area contributed by atoms with E-state index >= 15 is 0 Å². The van der Waals surface area contributed by atoms with Crippen LogP contribution in [0.15, 0.2) is 12.2 Å². The molecular weight excluding hydrogens is 436 g/mol. The molecule has 0 aromatic carbocycles. The SMILES string of the molecule is C=C1CC23CC1CCC2C12CCC(O[Si](C)(C)C)C(C(=O)O1)C2C(C(=O)O[Si](C)(C)C)C3. The average molecular weight is 477 g/mol. The molecule has 1 saturated heterocycles. The summed E-state index contributed by atoms with van der Waals surface area (Å²) in [7, 11) is -3.90. The van der Waals surface area contributed by atoms with Crippen molar-refractivity contribution >= 4 is 28.6 Å². The Kier molecular flexibility index (Phi) is 5.03. The van der Waals surface area contributed by atoms with Crippen LogP contribution in [0.2, 0.25) is 39.3 Å². The molecule has 0 aromatic heterocycles. The van der Waals surface area contributed by atoms with Gasteiger partial charge in [0.1, 0.15) is 5.60 Å². The Bertz CT molecular complexity index is 857. The van der Waals surface area contributed by atoms with Crippen molar-refractivity contribution in [2.45, 2.75) is 95.9 Å². The van der Waals surface area contributed by atoms with E-state index in [9.17, 15) is 9.59 Å². The number of carbonyl (C=O) groups excluding carboxylic acids is 2. The van der Waals surface area contributed by atoms with Crippen molar-refractivity contribution in [3.05, 3.63) is 12.2 Å². The maximum absolute atomic E-state index is 13.7. The first kappa shape index (κ1) is 22.8. The smallest absolute Gasteiger partial charge is 0.312 e. The number of hydrogen-bond donors (Lipinski definition) is 0. The summed E-state index contributed by atoms with van der Waals surface area (Å²) in [4.78, 5) is 27.2. The van der Waals surface area contributed by atoms with E-state index in [0.717, 1.165) is 44.9 Å². The summed E-state index contributed by atoms with van der Waals surface area (Å²) in [5.41, 5.74) is 0.843. The summed E-state index contributed by atoms with van der Waals surface area (Å²) < 4.78 is 19.1. The number of allylic oxidation sites excluding steroid dienone is 1. The Labute approximate surface area is 194 Å². The molecule has 8 atom stereocenters. The molecule has 5 aliphatic rings. The highest BCUT2D eigenvalue weighted by molar-refractivity contribution is 6.71. The van der Waals surface area contributed by atoms with Crippen molar-refractivity contribution in [3.63, 3.8) is 0 Å². The fourth-order valence-corrected chi connectivity index (χ4v) is 10.3. The standard InChI is InChI=1S/C25H40O5Si2/c1-15-12-24-13-16(15)8-9-19(24)25-11-10-18(29-31(2,3)4)20(23(27)28-25)21(25)17(14-24)22(26)30-32(5,6)7/h16-21H,1,8-14H2,2-7H3. The first-order chi connectivity index (χ1) is 14.7. The number of ether oxygens (including phenoxy) is 1. The lowest BCUT2D eigenvalue weighted by Crippen LogP contribution is -2.64. The Morgan fingerprint density at radius 2 is 1.78 bits per heavy atom. The van der Waals surface area contributed by atoms with Gasteiger partial charge in [0.25, 0.3) is 5.97 Å². The summed E-state index contributed by atoms with van der Waals surface area (Å²) in [6.07, 6.45) is 6.63. The first-order valence-corrected chi connectivity index (χ1v) is 19.4. The topological polar surface area (TPSA) is 61.8 Å². The number of hydrogen-bond acceptors (Lipinski definition) is 5. The Hall–Kier alpha value is -0.926. The summed E-state index contributed by atoms with van der Waals surface area (Å²) in [6, 6.07) is 0. The minimum atomic E-state index is -2.06. The molecule has 178 valence electrons. The van der Waals surface area contributed by atoms with Crippen LogP contribution in [0.3, 0.4) is 0 Å². The van der Waals surface area contributed by atoms with Crippen LogP contribution in [-0.2, 0) is 23.2 Å². The van der Waals surface area contributed by atoms with Crippen molar-refractivity contribution in [1.29, 1.82) is 0 Å². The summed E-state index contributed by atoms with van der Waals surface area (Å²) >= 11 is 0. The van der Waals surface area contributed by atoms with E-state index in [4.69, 9.17) is 13.6 Å². The molecule has 5 fully saturated rings. The largest absolute Gasteiger partial charge is 0.520 e. The van der Waals surface area contributed by atoms with Crippen molar-refractivity contribution in [1.82, 2.24) is 0 Å². The molecule has 1 heterocycles. The lowest BCUT2D eigenvalue weighted by Gasteiger charge is -2.60. The molecule has 4 aliphatic carbocycles. The van der Waals surface area contributed by atoms with Crippen LogP contribution < -0.4 is 0 Å². The molecule has 1 aliphatic heterocycles. The second-order valence-electron chi connectivity index (χ2n) is 13.3. The molecule has 0 N–H and O–H groups in total. The zero-order valence-electron chi connectivity index (χ0n) is 20.7. The molecule has 32 heavy (non-hydrogen) atoms. The van der Waals surface area contributed by atoms with Crippen molar-refractivity contribution in [2.75, 3.05) is 0 Å². The monoisotopic (exact) mass is 476 g/mol. The predicted molar refractivity (Wildman–Crippen MR) is 128 cm³/mol. The van der Waals surface area contributed by atoms with Crippen molar-refractivity contribution in [2.24, 2.45) is 35.0 Å². The van der Waals surface area contributed by atoms with Crippen LogP contribution in [0.4, 0.5) is 0 Å². The molecule has 0 amide bonds. The number of esters is 1. The molecule has 0 aromatic rings. The minimum Gasteiger partial charge on any atom is -0.520 e. The number of carbonyl (C=O) groups is 2. The van der Waals surface area contributed by atoms with Crippen LogP contribution in [-0.4, -0.2) is 40.3 Å². The molecule has 1 spiro atoms. The molecule has 7 heteroatoms. The third-order valence-corrected chi connectivity index (χ3v) is 10.8. The molecule has 5 rings (SSSR count). The summed E-state index contributed by atoms with van der Waals surface area (Å²) in [6.45, 7) is 17.1. The van der Waals surface area contributed by atoms with E-state index in [1.54, 1.807) is 0 Å². The second kappa shape index (κ2) is 7.04. The van der Waals surface area contributed by atoms with Crippen LogP contribution in [0.1, 0.15) is 44.9 Å². The maximum Gasteiger partial charge on any atom is 0.312 e. The van der Waals surface area contributed by atoms with Gasteiger partial charge in [-0.3, -0.25) is 9.59 Å². The fraction of sp³-hybridized carbons (Fsp3) is 0.840. The normalized spacial score (nSPS) is 45.2. The lowest BCUT2D eigenvalue weighted by molar-refractivity contribution is -0.200. The van der Waals surface area contributed by atoms with E-state index in [1.807, 2.05) is 0 Å². The van der Waals surface area contributed by atoms with Gasteiger partial charge in [0, 0.05) is 11.8 Å². The first-order valence-electron chi connectivity index (χ1n) is 12.6. The Morgan fingerprint density at radius 3 is 2.44 bits per heavy atom. The molecule has 4 bridgehead atoms. The summed E-state index contributed by atoms with van der Waals surface area (Å²) in [5.74, 6) is -0.0718. The second-order valence-corrected chi connectivity index (χ2v) is 22.2. The average Bonchev–Trinajstić information content (AvgIpc) is 3.01. The highest BCUT2D eigenvalue weighted by Crippen LogP contribution is 2.72. The van der Waals surface area contributed by atoms with E-state index < -0.39 is 22.2 Å². The zero-order chi connectivity index (χ0) is 23.3. The van der Waals surface area contributed by atoms with Crippen LogP contribution in [0.25, 0.3) is 0 Å². The molecule has 4 saturated carbocycles. The van der Waals surface area contributed by atoms with Crippen LogP contribution in [0.5, 0.6) is 0 Å². The number of fused-ring (bicyclic) bond motifs is 1. The van der Waals surface area contributed by atoms with Gasteiger partial charge in [0.2, 0.25) is 8.32 Å². The predicted octanol–water partition coefficient (Wildman–Crippen LogP) is 5.29. The van der Waals surface area contributed by atoms with Gasteiger partial charge in [0.15, 0.2) is 8.32 Å². The van der Waals surface area contributed by atoms with Gasteiger partial charge in [0.05, 0.1) is 17.9 Å². The van der Waals surface area contributed by atoms with E-state index in [0.29, 0.717) is 11.8 Å². The zero-order valence-corrected chi connectivity index (χ0v) is 22.7. The van der Waals surface area contributed by atoms with Gasteiger partial charge >= 0.3 is 5.97 Å². The van der Waals surface area contributed by atoms with Crippen molar-refractivity contribution < 1.29 is 23.2 Å². The number of rotatable bonds is 4. The molecular formula is C25H40O5Si2. The molecule has 5 nitrogen and oxygen atoms in total. The lowest BCUT2D eigenvalue weighted by atomic mass is 9.45. The maximum atomic E-state index is 13.7. The van der Waals surface area contributed by atoms with Crippen molar-refractivity contribution in [3.8, 4) is 0 Å². The Morgan fingerprint density at radius 1 is 1.06 bits per heavy atom. The van der Waals surface area contributed by atoms with Crippen LogP contribution >= 0.6 is 0 Å². The van der Waals surface area contributed by atoms with Gasteiger partial charge in [-0.1, -0.05) is 12.2 Å². The van der Waals surface area contributed by atoms with Gasteiger partial charge in [-0.25, -0.2) is 0 Å². The van der Waals surface area contributed by atoms with E-state index in [1.165, 1.54) is 5.57 Å². The van der Waals surface area contributed by atoms with E-state index in [2.05, 4.69) is 45.9 Å². The van der Waals surface area contributed by atoms with E-state index in [-0.39, 0.29) is 41.2 Å². The van der Waals surface area contributed by atoms with Gasteiger partial charge in [-0.15, -0.1) is 0 Å². The highest BCUT2D eigenvalue weighted by Gasteiger charge is 2.75. The van der Waals surface area contributed by atoms with Gasteiger partial charge in [-0.2, -0.15) is 0 Å². The third-order valence-electron chi connectivity index (χ3n) is 8.95. The molecule has 8 unspecified atom stereocenters. The fourth-order valence-electron chi connectivity index (χ4n) is 8.36. The van der Waals surface area contributed by atoms with Gasteiger partial charge < -0.3 is 13.6 Å². The van der Waals surface area contributed by atoms with Crippen LogP contribution in [0, 0.1) is 35.0 Å². The Balaban J connectivity index is 1.58. The molecule has 0 radical (unpaired) electrons. The van der Waals surface area contributed by atoms with Gasteiger partial charge in [-0.05, 0) is 95.6 Å². The summed E-state index contributed by atoms with van der Waals surface area (Å²) in [5, 5.41) is 0.